The first kappa shape index (κ1) is 22.6. The molecular weight excluding hydrogens is 427 g/mol. The first-order valence-electron chi connectivity index (χ1n) is 10.8. The number of hydrogen-bond acceptors (Lipinski definition) is 2. The Balaban J connectivity index is 1.28. The van der Waals surface area contributed by atoms with E-state index in [4.69, 9.17) is 4.74 Å². The minimum Gasteiger partial charge on any atom is -0.449 e. The Morgan fingerprint density at radius 3 is 2.24 bits per heavy atom. The standard InChI is InChI=1S/C27H24F3NO2/c1-18-19(10-8-15-25(18)27(28,29)30)9-6-7-16-31-26(32)33-17-24-22-13-4-2-11-20(22)21-12-3-5-14-23(21)24/h2-6,8-15,24H,7,16-17H2,1H3,(H,31,32). The van der Waals surface area contributed by atoms with Crippen molar-refractivity contribution in [1.82, 2.24) is 5.32 Å². The van der Waals surface area contributed by atoms with Crippen LogP contribution in [0.25, 0.3) is 17.2 Å². The molecule has 0 radical (unpaired) electrons. The molecule has 33 heavy (non-hydrogen) atoms. The molecule has 1 N–H and O–H groups in total. The lowest BCUT2D eigenvalue weighted by Gasteiger charge is -2.14. The molecule has 4 rings (SSSR count). The SMILES string of the molecule is Cc1c(C=CCCNC(=O)OCC2c3ccccc3-c3ccccc32)cccc1C(F)(F)F. The molecule has 0 heterocycles. The topological polar surface area (TPSA) is 38.3 Å². The number of carbonyl (C=O) groups excluding carboxylic acids is 1. The zero-order chi connectivity index (χ0) is 23.4. The van der Waals surface area contributed by atoms with E-state index in [9.17, 15) is 18.0 Å². The third-order valence-corrected chi connectivity index (χ3v) is 5.90. The fourth-order valence-corrected chi connectivity index (χ4v) is 4.26. The van der Waals surface area contributed by atoms with Crippen molar-refractivity contribution >= 4 is 12.2 Å². The molecule has 1 aliphatic rings. The summed E-state index contributed by atoms with van der Waals surface area (Å²) < 4.78 is 44.5. The molecule has 3 aromatic rings. The van der Waals surface area contributed by atoms with Gasteiger partial charge in [-0.3, -0.25) is 0 Å². The van der Waals surface area contributed by atoms with Gasteiger partial charge in [-0.2, -0.15) is 13.2 Å². The molecule has 0 spiro atoms. The quantitative estimate of drug-likeness (QED) is 0.412. The zero-order valence-corrected chi connectivity index (χ0v) is 18.2. The van der Waals surface area contributed by atoms with Crippen LogP contribution in [0.5, 0.6) is 0 Å². The van der Waals surface area contributed by atoms with Gasteiger partial charge < -0.3 is 10.1 Å². The molecule has 3 nitrogen and oxygen atoms in total. The number of benzene rings is 3. The van der Waals surface area contributed by atoms with Gasteiger partial charge in [-0.1, -0.05) is 72.8 Å². The molecule has 0 aliphatic heterocycles. The smallest absolute Gasteiger partial charge is 0.416 e. The number of nitrogens with one attached hydrogen (secondary N) is 1. The van der Waals surface area contributed by atoms with Crippen LogP contribution >= 0.6 is 0 Å². The Labute approximate surface area is 190 Å². The maximum atomic E-state index is 13.0. The zero-order valence-electron chi connectivity index (χ0n) is 18.2. The Kier molecular flexibility index (Phi) is 6.54. The van der Waals surface area contributed by atoms with Crippen molar-refractivity contribution in [3.8, 4) is 11.1 Å². The third-order valence-electron chi connectivity index (χ3n) is 5.90. The van der Waals surface area contributed by atoms with Crippen molar-refractivity contribution in [2.24, 2.45) is 0 Å². The number of ether oxygens (including phenoxy) is 1. The molecule has 6 heteroatoms. The van der Waals surface area contributed by atoms with Crippen molar-refractivity contribution in [2.75, 3.05) is 13.2 Å². The summed E-state index contributed by atoms with van der Waals surface area (Å²) in [6, 6.07) is 20.3. The predicted molar refractivity (Wildman–Crippen MR) is 123 cm³/mol. The van der Waals surface area contributed by atoms with E-state index in [1.165, 1.54) is 13.0 Å². The average Bonchev–Trinajstić information content (AvgIpc) is 3.11. The number of hydrogen-bond donors (Lipinski definition) is 1. The number of halogens is 3. The van der Waals surface area contributed by atoms with E-state index in [0.29, 0.717) is 18.5 Å². The van der Waals surface area contributed by atoms with Gasteiger partial charge in [0.05, 0.1) is 5.56 Å². The fraction of sp³-hybridized carbons (Fsp3) is 0.222. The Bertz CT molecular complexity index is 1140. The largest absolute Gasteiger partial charge is 0.449 e. The van der Waals surface area contributed by atoms with E-state index in [0.717, 1.165) is 28.3 Å². The summed E-state index contributed by atoms with van der Waals surface area (Å²) in [6.45, 7) is 2.02. The van der Waals surface area contributed by atoms with Crippen molar-refractivity contribution in [3.63, 3.8) is 0 Å². The van der Waals surface area contributed by atoms with Gasteiger partial charge in [-0.15, -0.1) is 0 Å². The lowest BCUT2D eigenvalue weighted by Crippen LogP contribution is -2.26. The van der Waals surface area contributed by atoms with E-state index in [1.54, 1.807) is 18.2 Å². The second kappa shape index (κ2) is 9.53. The number of fused-ring (bicyclic) bond motifs is 3. The summed E-state index contributed by atoms with van der Waals surface area (Å²) in [4.78, 5) is 12.2. The first-order valence-corrected chi connectivity index (χ1v) is 10.8. The molecular formula is C27H24F3NO2. The lowest BCUT2D eigenvalue weighted by molar-refractivity contribution is -0.138. The molecule has 3 aromatic carbocycles. The molecule has 0 unspecified atom stereocenters. The molecule has 1 amide bonds. The number of alkyl halides is 3. The fourth-order valence-electron chi connectivity index (χ4n) is 4.26. The van der Waals surface area contributed by atoms with Crippen LogP contribution in [0, 0.1) is 6.92 Å². The molecule has 1 aliphatic carbocycles. The second-order valence-corrected chi connectivity index (χ2v) is 7.96. The summed E-state index contributed by atoms with van der Waals surface area (Å²) in [5.41, 5.74) is 4.67. The van der Waals surface area contributed by atoms with Gasteiger partial charge in [0.15, 0.2) is 0 Å². The molecule has 0 aromatic heterocycles. The van der Waals surface area contributed by atoms with Gasteiger partial charge >= 0.3 is 12.3 Å². The average molecular weight is 451 g/mol. The Morgan fingerprint density at radius 2 is 1.61 bits per heavy atom. The second-order valence-electron chi connectivity index (χ2n) is 7.96. The van der Waals surface area contributed by atoms with E-state index < -0.39 is 17.8 Å². The predicted octanol–water partition coefficient (Wildman–Crippen LogP) is 6.96. The highest BCUT2D eigenvalue weighted by atomic mass is 19.4. The van der Waals surface area contributed by atoms with Crippen LogP contribution in [0.1, 0.15) is 40.2 Å². The minimum absolute atomic E-state index is 0.00747. The van der Waals surface area contributed by atoms with Crippen LogP contribution in [0.3, 0.4) is 0 Å². The van der Waals surface area contributed by atoms with Crippen LogP contribution in [-0.4, -0.2) is 19.2 Å². The highest BCUT2D eigenvalue weighted by Gasteiger charge is 2.32. The van der Waals surface area contributed by atoms with Crippen LogP contribution in [0.2, 0.25) is 0 Å². The van der Waals surface area contributed by atoms with Crippen LogP contribution < -0.4 is 5.32 Å². The van der Waals surface area contributed by atoms with Crippen molar-refractivity contribution in [1.29, 1.82) is 0 Å². The monoisotopic (exact) mass is 451 g/mol. The van der Waals surface area contributed by atoms with E-state index in [-0.39, 0.29) is 18.1 Å². The molecule has 0 bridgehead atoms. The third kappa shape index (κ3) is 4.95. The Hall–Kier alpha value is -3.54. The normalized spacial score (nSPS) is 13.1. The van der Waals surface area contributed by atoms with Gasteiger partial charge in [0.2, 0.25) is 0 Å². The van der Waals surface area contributed by atoms with Gasteiger partial charge in [0.1, 0.15) is 6.61 Å². The van der Waals surface area contributed by atoms with E-state index in [2.05, 4.69) is 29.6 Å². The minimum atomic E-state index is -4.38. The molecule has 0 fully saturated rings. The van der Waals surface area contributed by atoms with Gasteiger partial charge in [-0.05, 0) is 52.8 Å². The molecule has 0 saturated heterocycles. The van der Waals surface area contributed by atoms with E-state index >= 15 is 0 Å². The maximum absolute atomic E-state index is 13.0. The van der Waals surface area contributed by atoms with Crippen molar-refractivity contribution < 1.29 is 22.7 Å². The van der Waals surface area contributed by atoms with Gasteiger partial charge in [-0.25, -0.2) is 4.79 Å². The van der Waals surface area contributed by atoms with Crippen LogP contribution in [0.4, 0.5) is 18.0 Å². The lowest BCUT2D eigenvalue weighted by atomic mass is 9.98. The molecule has 170 valence electrons. The summed E-state index contributed by atoms with van der Waals surface area (Å²) in [6.07, 6.45) is -1.03. The first-order chi connectivity index (χ1) is 15.9. The van der Waals surface area contributed by atoms with Gasteiger partial charge in [0, 0.05) is 12.5 Å². The summed E-state index contributed by atoms with van der Waals surface area (Å²) >= 11 is 0. The van der Waals surface area contributed by atoms with Crippen molar-refractivity contribution in [3.05, 3.63) is 101 Å². The summed E-state index contributed by atoms with van der Waals surface area (Å²) in [5, 5.41) is 2.70. The number of amides is 1. The molecule has 0 saturated carbocycles. The maximum Gasteiger partial charge on any atom is 0.416 e. The van der Waals surface area contributed by atoms with Gasteiger partial charge in [0.25, 0.3) is 0 Å². The summed E-state index contributed by atoms with van der Waals surface area (Å²) in [5.74, 6) is -0.00747. The van der Waals surface area contributed by atoms with Crippen LogP contribution in [-0.2, 0) is 10.9 Å². The van der Waals surface area contributed by atoms with E-state index in [1.807, 2.05) is 24.3 Å². The number of alkyl carbamates (subject to hydrolysis) is 1. The van der Waals surface area contributed by atoms with Crippen molar-refractivity contribution in [2.45, 2.75) is 25.4 Å². The highest BCUT2D eigenvalue weighted by molar-refractivity contribution is 5.79. The number of carbonyl (C=O) groups is 1. The Morgan fingerprint density at radius 1 is 0.970 bits per heavy atom. The van der Waals surface area contributed by atoms with Crippen LogP contribution in [0.15, 0.2) is 72.8 Å². The number of rotatable bonds is 6. The highest BCUT2D eigenvalue weighted by Crippen LogP contribution is 2.44. The summed E-state index contributed by atoms with van der Waals surface area (Å²) in [7, 11) is 0. The molecule has 0 atom stereocenters.